The lowest BCUT2D eigenvalue weighted by atomic mass is 10.0. The lowest BCUT2D eigenvalue weighted by Crippen LogP contribution is -2.45. The van der Waals surface area contributed by atoms with Crippen LogP contribution in [0.4, 0.5) is 11.5 Å². The Morgan fingerprint density at radius 3 is 2.48 bits per heavy atom. The Morgan fingerprint density at radius 1 is 1.07 bits per heavy atom. The van der Waals surface area contributed by atoms with Crippen LogP contribution in [0.3, 0.4) is 0 Å². The van der Waals surface area contributed by atoms with Crippen molar-refractivity contribution >= 4 is 17.4 Å². The second-order valence-corrected chi connectivity index (χ2v) is 7.03. The zero-order valence-corrected chi connectivity index (χ0v) is 15.4. The molecule has 27 heavy (non-hydrogen) atoms. The molecule has 1 aromatic heterocycles. The molecule has 0 radical (unpaired) electrons. The summed E-state index contributed by atoms with van der Waals surface area (Å²) >= 11 is 0. The van der Waals surface area contributed by atoms with Gasteiger partial charge in [-0.3, -0.25) is 4.79 Å². The summed E-state index contributed by atoms with van der Waals surface area (Å²) in [6, 6.07) is 13.9. The molecule has 0 saturated carbocycles. The smallest absolute Gasteiger partial charge is 0.224 e. The van der Waals surface area contributed by atoms with Gasteiger partial charge in [0.05, 0.1) is 25.1 Å². The van der Waals surface area contributed by atoms with Crippen LogP contribution < -0.4 is 10.2 Å². The molecule has 2 aliphatic rings. The molecule has 0 atom stereocenters. The average Bonchev–Trinajstić information content (AvgIpc) is 3.16. The first-order valence-corrected chi connectivity index (χ1v) is 9.55. The molecule has 1 spiro atoms. The number of carbonyl (C=O) groups excluding carboxylic acids is 1. The van der Waals surface area contributed by atoms with Crippen LogP contribution in [-0.2, 0) is 20.7 Å². The van der Waals surface area contributed by atoms with E-state index in [1.807, 2.05) is 42.5 Å². The molecule has 0 unspecified atom stereocenters. The predicted octanol–water partition coefficient (Wildman–Crippen LogP) is 3.00. The number of anilines is 2. The number of benzene rings is 1. The first kappa shape index (κ1) is 17.9. The highest BCUT2D eigenvalue weighted by Crippen LogP contribution is 2.32. The van der Waals surface area contributed by atoms with E-state index in [-0.39, 0.29) is 11.7 Å². The van der Waals surface area contributed by atoms with Gasteiger partial charge >= 0.3 is 0 Å². The van der Waals surface area contributed by atoms with E-state index in [4.69, 9.17) is 9.47 Å². The van der Waals surface area contributed by atoms with Gasteiger partial charge in [-0.15, -0.1) is 0 Å². The van der Waals surface area contributed by atoms with E-state index in [0.717, 1.165) is 43.9 Å². The lowest BCUT2D eigenvalue weighted by Gasteiger charge is -2.38. The van der Waals surface area contributed by atoms with Crippen molar-refractivity contribution in [3.05, 3.63) is 54.2 Å². The maximum absolute atomic E-state index is 12.1. The van der Waals surface area contributed by atoms with Crippen LogP contribution in [0.1, 0.15) is 24.8 Å². The molecule has 1 N–H and O–H groups in total. The third-order valence-corrected chi connectivity index (χ3v) is 5.18. The molecule has 4 rings (SSSR count). The van der Waals surface area contributed by atoms with E-state index >= 15 is 0 Å². The Balaban J connectivity index is 1.27. The summed E-state index contributed by atoms with van der Waals surface area (Å²) in [5.41, 5.74) is 1.90. The summed E-state index contributed by atoms with van der Waals surface area (Å²) in [6.07, 6.45) is 4.62. The maximum atomic E-state index is 12.1. The first-order valence-electron chi connectivity index (χ1n) is 9.55. The van der Waals surface area contributed by atoms with Crippen molar-refractivity contribution in [2.75, 3.05) is 36.5 Å². The van der Waals surface area contributed by atoms with Crippen molar-refractivity contribution in [3.63, 3.8) is 0 Å². The Bertz CT molecular complexity index is 748. The molecule has 2 aliphatic heterocycles. The zero-order valence-electron chi connectivity index (χ0n) is 15.4. The number of aryl methyl sites for hydroxylation is 1. The van der Waals surface area contributed by atoms with Crippen LogP contribution in [0.2, 0.25) is 0 Å². The third kappa shape index (κ3) is 4.46. The highest BCUT2D eigenvalue weighted by atomic mass is 16.7. The summed E-state index contributed by atoms with van der Waals surface area (Å²) in [5.74, 6) is 0.553. The molecule has 6 nitrogen and oxygen atoms in total. The number of aromatic nitrogens is 1. The van der Waals surface area contributed by atoms with E-state index in [9.17, 15) is 4.79 Å². The standard InChI is InChI=1S/C21H25N3O3/c25-20(9-6-17-4-2-1-3-5-17)23-18-7-8-19(22-16-18)24-12-10-21(11-13-24)26-14-15-27-21/h1-5,7-8,16H,6,9-15H2,(H,23,25). The normalized spacial score (nSPS) is 18.6. The number of piperidine rings is 1. The minimum atomic E-state index is -0.372. The molecule has 142 valence electrons. The van der Waals surface area contributed by atoms with Crippen LogP contribution >= 0.6 is 0 Å². The van der Waals surface area contributed by atoms with Gasteiger partial charge in [-0.2, -0.15) is 0 Å². The molecule has 2 saturated heterocycles. The van der Waals surface area contributed by atoms with Gasteiger partial charge in [0.25, 0.3) is 0 Å². The number of hydrogen-bond donors (Lipinski definition) is 1. The number of nitrogens with one attached hydrogen (secondary N) is 1. The van der Waals surface area contributed by atoms with E-state index in [0.29, 0.717) is 19.6 Å². The average molecular weight is 367 g/mol. The molecule has 2 fully saturated rings. The monoisotopic (exact) mass is 367 g/mol. The van der Waals surface area contributed by atoms with Gasteiger partial charge < -0.3 is 19.7 Å². The van der Waals surface area contributed by atoms with Gasteiger partial charge in [0.15, 0.2) is 5.79 Å². The van der Waals surface area contributed by atoms with Crippen LogP contribution in [0, 0.1) is 0 Å². The van der Waals surface area contributed by atoms with Crippen molar-refractivity contribution in [3.8, 4) is 0 Å². The number of ether oxygens (including phenoxy) is 2. The van der Waals surface area contributed by atoms with E-state index in [2.05, 4.69) is 15.2 Å². The van der Waals surface area contributed by atoms with Gasteiger partial charge in [-0.25, -0.2) is 4.98 Å². The predicted molar refractivity (Wildman–Crippen MR) is 104 cm³/mol. The quantitative estimate of drug-likeness (QED) is 0.880. The van der Waals surface area contributed by atoms with Gasteiger partial charge in [-0.05, 0) is 24.1 Å². The van der Waals surface area contributed by atoms with E-state index < -0.39 is 0 Å². The molecule has 1 amide bonds. The van der Waals surface area contributed by atoms with Crippen molar-refractivity contribution in [2.24, 2.45) is 0 Å². The number of nitrogens with zero attached hydrogens (tertiary/aromatic N) is 2. The van der Waals surface area contributed by atoms with Crippen molar-refractivity contribution in [2.45, 2.75) is 31.5 Å². The van der Waals surface area contributed by atoms with E-state index in [1.54, 1.807) is 6.20 Å². The fourth-order valence-electron chi connectivity index (χ4n) is 3.64. The highest BCUT2D eigenvalue weighted by Gasteiger charge is 2.39. The van der Waals surface area contributed by atoms with Crippen LogP contribution in [0.25, 0.3) is 0 Å². The molecule has 0 aliphatic carbocycles. The van der Waals surface area contributed by atoms with Gasteiger partial charge in [-0.1, -0.05) is 30.3 Å². The number of pyridine rings is 1. The Labute approximate surface area is 159 Å². The fourth-order valence-corrected chi connectivity index (χ4v) is 3.64. The lowest BCUT2D eigenvalue weighted by molar-refractivity contribution is -0.169. The second-order valence-electron chi connectivity index (χ2n) is 7.03. The van der Waals surface area contributed by atoms with E-state index in [1.165, 1.54) is 5.56 Å². The number of rotatable bonds is 5. The molecule has 1 aromatic carbocycles. The number of carbonyl (C=O) groups is 1. The molecule has 6 heteroatoms. The van der Waals surface area contributed by atoms with Crippen LogP contribution in [0.5, 0.6) is 0 Å². The molecule has 3 heterocycles. The summed E-state index contributed by atoms with van der Waals surface area (Å²) < 4.78 is 11.5. The fraction of sp³-hybridized carbons (Fsp3) is 0.429. The summed E-state index contributed by atoms with van der Waals surface area (Å²) in [5, 5.41) is 2.92. The molecular formula is C21H25N3O3. The van der Waals surface area contributed by atoms with Crippen LogP contribution in [0.15, 0.2) is 48.7 Å². The Morgan fingerprint density at radius 2 is 1.81 bits per heavy atom. The van der Waals surface area contributed by atoms with Gasteiger partial charge in [0, 0.05) is 32.4 Å². The first-order chi connectivity index (χ1) is 13.2. The summed E-state index contributed by atoms with van der Waals surface area (Å²) in [7, 11) is 0. The zero-order chi connectivity index (χ0) is 18.5. The maximum Gasteiger partial charge on any atom is 0.224 e. The molecular weight excluding hydrogens is 342 g/mol. The molecule has 0 bridgehead atoms. The van der Waals surface area contributed by atoms with Crippen molar-refractivity contribution in [1.82, 2.24) is 4.98 Å². The van der Waals surface area contributed by atoms with Crippen molar-refractivity contribution in [1.29, 1.82) is 0 Å². The number of amides is 1. The van der Waals surface area contributed by atoms with Gasteiger partial charge in [0.2, 0.25) is 5.91 Å². The second kappa shape index (κ2) is 8.06. The number of hydrogen-bond acceptors (Lipinski definition) is 5. The minimum Gasteiger partial charge on any atom is -0.356 e. The third-order valence-electron chi connectivity index (χ3n) is 5.18. The SMILES string of the molecule is O=C(CCc1ccccc1)Nc1ccc(N2CCC3(CC2)OCCO3)nc1. The summed E-state index contributed by atoms with van der Waals surface area (Å²) in [4.78, 5) is 18.9. The summed E-state index contributed by atoms with van der Waals surface area (Å²) in [6.45, 7) is 3.10. The highest BCUT2D eigenvalue weighted by molar-refractivity contribution is 5.90. The van der Waals surface area contributed by atoms with Crippen molar-refractivity contribution < 1.29 is 14.3 Å². The minimum absolute atomic E-state index is 0.00356. The Hall–Kier alpha value is -2.44. The molecule has 2 aromatic rings. The Kier molecular flexibility index (Phi) is 5.36. The topological polar surface area (TPSA) is 63.7 Å². The van der Waals surface area contributed by atoms with Crippen LogP contribution in [-0.4, -0.2) is 43.0 Å². The van der Waals surface area contributed by atoms with Gasteiger partial charge in [0.1, 0.15) is 5.82 Å². The largest absolute Gasteiger partial charge is 0.356 e.